The third-order valence-corrected chi connectivity index (χ3v) is 2.39. The van der Waals surface area contributed by atoms with Gasteiger partial charge in [-0.3, -0.25) is 4.79 Å². The van der Waals surface area contributed by atoms with Gasteiger partial charge in [0.2, 0.25) is 0 Å². The molecule has 0 aromatic heterocycles. The zero-order chi connectivity index (χ0) is 12.3. The largest absolute Gasteiger partial charge is 0.493 e. The molecule has 0 saturated heterocycles. The predicted molar refractivity (Wildman–Crippen MR) is 57.0 cm³/mol. The van der Waals surface area contributed by atoms with Crippen molar-refractivity contribution in [1.29, 1.82) is 0 Å². The van der Waals surface area contributed by atoms with E-state index in [1.165, 1.54) is 13.2 Å². The number of methoxy groups -OCH3 is 1. The lowest BCUT2D eigenvalue weighted by molar-refractivity contribution is -0.138. The molecule has 0 aliphatic heterocycles. The second-order valence-corrected chi connectivity index (χ2v) is 3.52. The highest BCUT2D eigenvalue weighted by atomic mass is 19.1. The number of carbonyl (C=O) groups is 1. The van der Waals surface area contributed by atoms with Gasteiger partial charge in [0.1, 0.15) is 6.04 Å². The molecule has 16 heavy (non-hydrogen) atoms. The number of halogens is 1. The highest BCUT2D eigenvalue weighted by Gasteiger charge is 2.18. The molecule has 5 heteroatoms. The van der Waals surface area contributed by atoms with E-state index >= 15 is 0 Å². The number of hydrogen-bond acceptors (Lipinski definition) is 3. The van der Waals surface area contributed by atoms with Gasteiger partial charge in [0.15, 0.2) is 11.6 Å². The summed E-state index contributed by atoms with van der Waals surface area (Å²) in [6, 6.07) is 1.79. The number of benzene rings is 1. The SMILES string of the molecule is COc1c(F)ccc(C)c1CC(N)C(=O)O. The first-order valence-electron chi connectivity index (χ1n) is 4.77. The van der Waals surface area contributed by atoms with Crippen LogP contribution < -0.4 is 10.5 Å². The van der Waals surface area contributed by atoms with Gasteiger partial charge < -0.3 is 15.6 Å². The van der Waals surface area contributed by atoms with Gasteiger partial charge in [-0.15, -0.1) is 0 Å². The van der Waals surface area contributed by atoms with E-state index in [2.05, 4.69) is 0 Å². The highest BCUT2D eigenvalue weighted by molar-refractivity contribution is 5.73. The number of ether oxygens (including phenoxy) is 1. The molecule has 0 aliphatic carbocycles. The lowest BCUT2D eigenvalue weighted by Crippen LogP contribution is -2.32. The summed E-state index contributed by atoms with van der Waals surface area (Å²) in [5, 5.41) is 8.71. The van der Waals surface area contributed by atoms with Crippen LogP contribution in [0.1, 0.15) is 11.1 Å². The fraction of sp³-hybridized carbons (Fsp3) is 0.364. The maximum atomic E-state index is 13.4. The van der Waals surface area contributed by atoms with Crippen LogP contribution in [0.4, 0.5) is 4.39 Å². The smallest absolute Gasteiger partial charge is 0.320 e. The van der Waals surface area contributed by atoms with Crippen LogP contribution in [0, 0.1) is 12.7 Å². The summed E-state index contributed by atoms with van der Waals surface area (Å²) in [6.07, 6.45) is 0.0437. The molecule has 1 aromatic carbocycles. The van der Waals surface area contributed by atoms with E-state index in [1.807, 2.05) is 0 Å². The van der Waals surface area contributed by atoms with Gasteiger partial charge in [0.05, 0.1) is 7.11 Å². The van der Waals surface area contributed by atoms with Gasteiger partial charge in [0.25, 0.3) is 0 Å². The van der Waals surface area contributed by atoms with Crippen molar-refractivity contribution in [2.45, 2.75) is 19.4 Å². The third-order valence-electron chi connectivity index (χ3n) is 2.39. The standard InChI is InChI=1S/C11H14FNO3/c1-6-3-4-8(12)10(16-2)7(6)5-9(13)11(14)15/h3-4,9H,5,13H2,1-2H3,(H,14,15). The molecule has 0 aliphatic rings. The van der Waals surface area contributed by atoms with Crippen LogP contribution >= 0.6 is 0 Å². The van der Waals surface area contributed by atoms with E-state index in [4.69, 9.17) is 15.6 Å². The van der Waals surface area contributed by atoms with E-state index in [0.717, 1.165) is 5.56 Å². The van der Waals surface area contributed by atoms with Crippen molar-refractivity contribution >= 4 is 5.97 Å². The van der Waals surface area contributed by atoms with E-state index in [1.54, 1.807) is 13.0 Å². The fourth-order valence-corrected chi connectivity index (χ4v) is 1.48. The van der Waals surface area contributed by atoms with Gasteiger partial charge in [-0.1, -0.05) is 6.07 Å². The Hall–Kier alpha value is -1.62. The Kier molecular flexibility index (Phi) is 3.84. The average Bonchev–Trinajstić information content (AvgIpc) is 2.23. The van der Waals surface area contributed by atoms with E-state index in [0.29, 0.717) is 5.56 Å². The molecular formula is C11H14FNO3. The van der Waals surface area contributed by atoms with Gasteiger partial charge in [-0.05, 0) is 18.6 Å². The number of hydrogen-bond donors (Lipinski definition) is 2. The van der Waals surface area contributed by atoms with Crippen molar-refractivity contribution in [3.05, 3.63) is 29.1 Å². The Morgan fingerprint density at radius 2 is 2.25 bits per heavy atom. The Morgan fingerprint density at radius 3 is 2.75 bits per heavy atom. The molecule has 0 amide bonds. The minimum Gasteiger partial charge on any atom is -0.493 e. The van der Waals surface area contributed by atoms with Crippen molar-refractivity contribution in [3.8, 4) is 5.75 Å². The molecule has 88 valence electrons. The van der Waals surface area contributed by atoms with Crippen LogP contribution in [0.3, 0.4) is 0 Å². The minimum atomic E-state index is -1.12. The van der Waals surface area contributed by atoms with Crippen LogP contribution in [0.15, 0.2) is 12.1 Å². The number of aryl methyl sites for hydroxylation is 1. The zero-order valence-electron chi connectivity index (χ0n) is 9.16. The number of rotatable bonds is 4. The van der Waals surface area contributed by atoms with E-state index < -0.39 is 17.8 Å². The Morgan fingerprint density at radius 1 is 1.62 bits per heavy atom. The maximum absolute atomic E-state index is 13.4. The van der Waals surface area contributed by atoms with Gasteiger partial charge >= 0.3 is 5.97 Å². The molecular weight excluding hydrogens is 213 g/mol. The van der Waals surface area contributed by atoms with Gasteiger partial charge in [0, 0.05) is 12.0 Å². The van der Waals surface area contributed by atoms with E-state index in [-0.39, 0.29) is 12.2 Å². The fourth-order valence-electron chi connectivity index (χ4n) is 1.48. The first kappa shape index (κ1) is 12.4. The molecule has 0 saturated carbocycles. The van der Waals surface area contributed by atoms with Crippen molar-refractivity contribution in [2.24, 2.45) is 5.73 Å². The quantitative estimate of drug-likeness (QED) is 0.807. The van der Waals surface area contributed by atoms with Crippen molar-refractivity contribution in [3.63, 3.8) is 0 Å². The van der Waals surface area contributed by atoms with Crippen LogP contribution in [-0.4, -0.2) is 24.2 Å². The second-order valence-electron chi connectivity index (χ2n) is 3.52. The highest BCUT2D eigenvalue weighted by Crippen LogP contribution is 2.26. The zero-order valence-corrected chi connectivity index (χ0v) is 9.16. The molecule has 0 bridgehead atoms. The van der Waals surface area contributed by atoms with Crippen LogP contribution in [0.2, 0.25) is 0 Å². The summed E-state index contributed by atoms with van der Waals surface area (Å²) in [5.74, 6) is -1.57. The number of carboxylic acid groups (broad SMARTS) is 1. The molecule has 1 rings (SSSR count). The molecule has 0 spiro atoms. The number of nitrogens with two attached hydrogens (primary N) is 1. The van der Waals surface area contributed by atoms with E-state index in [9.17, 15) is 9.18 Å². The minimum absolute atomic E-state index is 0.0437. The van der Waals surface area contributed by atoms with Crippen LogP contribution in [0.5, 0.6) is 5.75 Å². The van der Waals surface area contributed by atoms with Crippen molar-refractivity contribution < 1.29 is 19.0 Å². The molecule has 1 atom stereocenters. The summed E-state index contributed by atoms with van der Waals surface area (Å²) in [6.45, 7) is 1.76. The molecule has 4 nitrogen and oxygen atoms in total. The summed E-state index contributed by atoms with van der Waals surface area (Å²) < 4.78 is 18.3. The molecule has 0 radical (unpaired) electrons. The third kappa shape index (κ3) is 2.49. The normalized spacial score (nSPS) is 12.2. The number of carboxylic acids is 1. The lowest BCUT2D eigenvalue weighted by Gasteiger charge is -2.14. The summed E-state index contributed by atoms with van der Waals surface area (Å²) >= 11 is 0. The molecule has 0 heterocycles. The molecule has 0 fully saturated rings. The first-order chi connectivity index (χ1) is 7.47. The van der Waals surface area contributed by atoms with Crippen molar-refractivity contribution in [2.75, 3.05) is 7.11 Å². The molecule has 1 aromatic rings. The monoisotopic (exact) mass is 227 g/mol. The topological polar surface area (TPSA) is 72.5 Å². The summed E-state index contributed by atoms with van der Waals surface area (Å²) in [4.78, 5) is 10.6. The Labute approximate surface area is 92.8 Å². The lowest BCUT2D eigenvalue weighted by atomic mass is 10.00. The summed E-state index contributed by atoms with van der Waals surface area (Å²) in [7, 11) is 1.34. The van der Waals surface area contributed by atoms with Crippen LogP contribution in [0.25, 0.3) is 0 Å². The Balaban J connectivity index is 3.11. The van der Waals surface area contributed by atoms with Gasteiger partial charge in [-0.25, -0.2) is 4.39 Å². The molecule has 3 N–H and O–H groups in total. The number of aliphatic carboxylic acids is 1. The van der Waals surface area contributed by atoms with Crippen LogP contribution in [-0.2, 0) is 11.2 Å². The first-order valence-corrected chi connectivity index (χ1v) is 4.77. The van der Waals surface area contributed by atoms with Gasteiger partial charge in [-0.2, -0.15) is 0 Å². The predicted octanol–water partition coefficient (Wildman–Crippen LogP) is 1.10. The summed E-state index contributed by atoms with van der Waals surface area (Å²) in [5.41, 5.74) is 6.67. The Bertz CT molecular complexity index is 406. The average molecular weight is 227 g/mol. The van der Waals surface area contributed by atoms with Crippen molar-refractivity contribution in [1.82, 2.24) is 0 Å². The maximum Gasteiger partial charge on any atom is 0.320 e. The second kappa shape index (κ2) is 4.94. The molecule has 1 unspecified atom stereocenters.